The summed E-state index contributed by atoms with van der Waals surface area (Å²) in [5.74, 6) is 0.699. The zero-order chi connectivity index (χ0) is 9.56. The summed E-state index contributed by atoms with van der Waals surface area (Å²) in [6.45, 7) is 7.03. The number of methoxy groups -OCH3 is 1. The second-order valence-corrected chi connectivity index (χ2v) is 3.71. The Morgan fingerprint density at radius 3 is 2.25 bits per heavy atom. The van der Waals surface area contributed by atoms with Crippen LogP contribution < -0.4 is 5.73 Å². The minimum Gasteiger partial charge on any atom is -0.379 e. The lowest BCUT2D eigenvalue weighted by atomic mass is 10.2. The van der Waals surface area contributed by atoms with Gasteiger partial charge >= 0.3 is 0 Å². The van der Waals surface area contributed by atoms with Gasteiger partial charge in [0, 0.05) is 26.7 Å². The molecule has 0 aliphatic heterocycles. The summed E-state index contributed by atoms with van der Waals surface area (Å²) in [5, 5.41) is 0. The summed E-state index contributed by atoms with van der Waals surface area (Å²) >= 11 is 0. The van der Waals surface area contributed by atoms with Gasteiger partial charge in [-0.15, -0.1) is 0 Å². The Labute approximate surface area is 75.9 Å². The third-order valence-corrected chi connectivity index (χ3v) is 1.79. The Morgan fingerprint density at radius 2 is 1.92 bits per heavy atom. The standard InChI is InChI=1S/C9H22N2O/c1-8(2)6-11(3)7-9(5-10)12-4/h8-9H,5-7,10H2,1-4H3. The molecule has 0 amide bonds. The van der Waals surface area contributed by atoms with Crippen molar-refractivity contribution < 1.29 is 4.74 Å². The van der Waals surface area contributed by atoms with Gasteiger partial charge < -0.3 is 15.4 Å². The van der Waals surface area contributed by atoms with Crippen LogP contribution in [0.25, 0.3) is 0 Å². The van der Waals surface area contributed by atoms with Crippen molar-refractivity contribution in [2.24, 2.45) is 11.7 Å². The van der Waals surface area contributed by atoms with Crippen molar-refractivity contribution in [1.82, 2.24) is 4.90 Å². The number of likely N-dealkylation sites (N-methyl/N-ethyl adjacent to an activating group) is 1. The van der Waals surface area contributed by atoms with Crippen LogP contribution in [-0.2, 0) is 4.74 Å². The topological polar surface area (TPSA) is 38.5 Å². The molecular weight excluding hydrogens is 152 g/mol. The highest BCUT2D eigenvalue weighted by Gasteiger charge is 2.09. The predicted molar refractivity (Wildman–Crippen MR) is 52.2 cm³/mol. The van der Waals surface area contributed by atoms with E-state index in [-0.39, 0.29) is 6.10 Å². The van der Waals surface area contributed by atoms with E-state index in [4.69, 9.17) is 10.5 Å². The van der Waals surface area contributed by atoms with Crippen molar-refractivity contribution in [3.63, 3.8) is 0 Å². The third kappa shape index (κ3) is 5.52. The molecule has 0 aromatic heterocycles. The number of ether oxygens (including phenoxy) is 1. The molecule has 0 aromatic rings. The predicted octanol–water partition coefficient (Wildman–Crippen LogP) is 0.548. The molecule has 2 N–H and O–H groups in total. The maximum Gasteiger partial charge on any atom is 0.0820 e. The Hall–Kier alpha value is -0.120. The zero-order valence-corrected chi connectivity index (χ0v) is 8.71. The highest BCUT2D eigenvalue weighted by molar-refractivity contribution is 4.64. The van der Waals surface area contributed by atoms with Crippen LogP contribution in [0.2, 0.25) is 0 Å². The van der Waals surface area contributed by atoms with Crippen LogP contribution in [-0.4, -0.2) is 44.8 Å². The van der Waals surface area contributed by atoms with Crippen LogP contribution in [0.15, 0.2) is 0 Å². The Morgan fingerprint density at radius 1 is 1.33 bits per heavy atom. The maximum atomic E-state index is 5.51. The van der Waals surface area contributed by atoms with E-state index in [0.717, 1.165) is 13.1 Å². The van der Waals surface area contributed by atoms with Gasteiger partial charge in [-0.1, -0.05) is 13.8 Å². The molecular formula is C9H22N2O. The molecule has 3 heteroatoms. The van der Waals surface area contributed by atoms with E-state index in [1.54, 1.807) is 7.11 Å². The second kappa shape index (κ2) is 6.40. The number of hydrogen-bond acceptors (Lipinski definition) is 3. The summed E-state index contributed by atoms with van der Waals surface area (Å²) in [6, 6.07) is 0. The molecule has 0 fully saturated rings. The first kappa shape index (κ1) is 11.9. The lowest BCUT2D eigenvalue weighted by Crippen LogP contribution is -2.37. The summed E-state index contributed by atoms with van der Waals surface area (Å²) in [7, 11) is 3.81. The third-order valence-electron chi connectivity index (χ3n) is 1.79. The fraction of sp³-hybridized carbons (Fsp3) is 1.00. The van der Waals surface area contributed by atoms with Gasteiger partial charge in [0.05, 0.1) is 6.10 Å². The monoisotopic (exact) mass is 174 g/mol. The molecule has 1 atom stereocenters. The Kier molecular flexibility index (Phi) is 6.34. The van der Waals surface area contributed by atoms with Gasteiger partial charge in [0.1, 0.15) is 0 Å². The minimum atomic E-state index is 0.175. The van der Waals surface area contributed by atoms with Crippen molar-refractivity contribution in [3.8, 4) is 0 Å². The van der Waals surface area contributed by atoms with Crippen LogP contribution in [0.1, 0.15) is 13.8 Å². The summed E-state index contributed by atoms with van der Waals surface area (Å²) in [6.07, 6.45) is 0.175. The summed E-state index contributed by atoms with van der Waals surface area (Å²) < 4.78 is 5.19. The van der Waals surface area contributed by atoms with Crippen LogP contribution >= 0.6 is 0 Å². The second-order valence-electron chi connectivity index (χ2n) is 3.71. The Bertz CT molecular complexity index is 103. The molecule has 0 radical (unpaired) electrons. The fourth-order valence-corrected chi connectivity index (χ4v) is 1.29. The molecule has 0 saturated heterocycles. The minimum absolute atomic E-state index is 0.175. The molecule has 0 bridgehead atoms. The van der Waals surface area contributed by atoms with E-state index in [1.807, 2.05) is 0 Å². The number of nitrogens with zero attached hydrogens (tertiary/aromatic N) is 1. The average Bonchev–Trinajstić information content (AvgIpc) is 1.98. The van der Waals surface area contributed by atoms with Crippen LogP contribution in [0.4, 0.5) is 0 Å². The SMILES string of the molecule is COC(CN)CN(C)CC(C)C. The van der Waals surface area contributed by atoms with E-state index < -0.39 is 0 Å². The number of nitrogens with two attached hydrogens (primary N) is 1. The molecule has 0 spiro atoms. The van der Waals surface area contributed by atoms with Gasteiger partial charge in [-0.2, -0.15) is 0 Å². The van der Waals surface area contributed by atoms with Gasteiger partial charge in [-0.25, -0.2) is 0 Å². The summed E-state index contributed by atoms with van der Waals surface area (Å²) in [4.78, 5) is 2.26. The van der Waals surface area contributed by atoms with E-state index in [0.29, 0.717) is 12.5 Å². The first-order chi connectivity index (χ1) is 5.60. The normalized spacial score (nSPS) is 14.2. The van der Waals surface area contributed by atoms with Crippen molar-refractivity contribution in [2.45, 2.75) is 20.0 Å². The number of rotatable bonds is 6. The van der Waals surface area contributed by atoms with Crippen molar-refractivity contribution in [1.29, 1.82) is 0 Å². The highest BCUT2D eigenvalue weighted by atomic mass is 16.5. The Balaban J connectivity index is 3.58. The smallest absolute Gasteiger partial charge is 0.0820 e. The van der Waals surface area contributed by atoms with Crippen LogP contribution in [0.3, 0.4) is 0 Å². The zero-order valence-electron chi connectivity index (χ0n) is 8.71. The van der Waals surface area contributed by atoms with Crippen LogP contribution in [0, 0.1) is 5.92 Å². The van der Waals surface area contributed by atoms with Crippen molar-refractivity contribution in [3.05, 3.63) is 0 Å². The molecule has 0 aliphatic carbocycles. The first-order valence-electron chi connectivity index (χ1n) is 4.51. The average molecular weight is 174 g/mol. The number of hydrogen-bond donors (Lipinski definition) is 1. The quantitative estimate of drug-likeness (QED) is 0.639. The fourth-order valence-electron chi connectivity index (χ4n) is 1.29. The molecule has 3 nitrogen and oxygen atoms in total. The lowest BCUT2D eigenvalue weighted by molar-refractivity contribution is 0.0750. The van der Waals surface area contributed by atoms with Gasteiger partial charge in [0.15, 0.2) is 0 Å². The highest BCUT2D eigenvalue weighted by Crippen LogP contribution is 1.98. The van der Waals surface area contributed by atoms with E-state index in [1.165, 1.54) is 0 Å². The largest absolute Gasteiger partial charge is 0.379 e. The van der Waals surface area contributed by atoms with Gasteiger partial charge in [-0.05, 0) is 13.0 Å². The van der Waals surface area contributed by atoms with E-state index >= 15 is 0 Å². The molecule has 0 aromatic carbocycles. The molecule has 74 valence electrons. The van der Waals surface area contributed by atoms with Gasteiger partial charge in [0.2, 0.25) is 0 Å². The first-order valence-corrected chi connectivity index (χ1v) is 4.51. The van der Waals surface area contributed by atoms with Gasteiger partial charge in [-0.3, -0.25) is 0 Å². The summed E-state index contributed by atoms with van der Waals surface area (Å²) in [5.41, 5.74) is 5.51. The molecule has 0 heterocycles. The maximum absolute atomic E-state index is 5.51. The van der Waals surface area contributed by atoms with Crippen molar-refractivity contribution in [2.75, 3.05) is 33.8 Å². The van der Waals surface area contributed by atoms with E-state index in [9.17, 15) is 0 Å². The van der Waals surface area contributed by atoms with E-state index in [2.05, 4.69) is 25.8 Å². The van der Waals surface area contributed by atoms with Gasteiger partial charge in [0.25, 0.3) is 0 Å². The molecule has 1 unspecified atom stereocenters. The molecule has 0 saturated carbocycles. The molecule has 12 heavy (non-hydrogen) atoms. The molecule has 0 aliphatic rings. The molecule has 0 rings (SSSR count). The van der Waals surface area contributed by atoms with Crippen LogP contribution in [0.5, 0.6) is 0 Å². The lowest BCUT2D eigenvalue weighted by Gasteiger charge is -2.23. The van der Waals surface area contributed by atoms with Crippen molar-refractivity contribution >= 4 is 0 Å².